The van der Waals surface area contributed by atoms with Gasteiger partial charge in [-0.25, -0.2) is 0 Å². The molecule has 1 aliphatic carbocycles. The van der Waals surface area contributed by atoms with Gasteiger partial charge in [0.15, 0.2) is 0 Å². The van der Waals surface area contributed by atoms with E-state index < -0.39 is 5.60 Å². The van der Waals surface area contributed by atoms with Crippen LogP contribution < -0.4 is 5.32 Å². The van der Waals surface area contributed by atoms with Gasteiger partial charge in [0.1, 0.15) is 0 Å². The van der Waals surface area contributed by atoms with Crippen LogP contribution in [0.5, 0.6) is 0 Å². The van der Waals surface area contributed by atoms with Gasteiger partial charge < -0.3 is 15.3 Å². The molecule has 0 unspecified atom stereocenters. The third-order valence-electron chi connectivity index (χ3n) is 5.44. The van der Waals surface area contributed by atoms with Crippen molar-refractivity contribution in [2.24, 2.45) is 0 Å². The number of amides is 1. The summed E-state index contributed by atoms with van der Waals surface area (Å²) in [4.78, 5) is 14.6. The maximum absolute atomic E-state index is 12.3. The summed E-state index contributed by atoms with van der Waals surface area (Å²) in [5.74, 6) is -0.0286. The Morgan fingerprint density at radius 2 is 2.04 bits per heavy atom. The highest BCUT2D eigenvalue weighted by atomic mass is 16.3. The Balaban J connectivity index is 1.44. The smallest absolute Gasteiger partial charge is 0.254 e. The molecule has 2 N–H and O–H groups in total. The lowest BCUT2D eigenvalue weighted by Gasteiger charge is -2.40. The van der Waals surface area contributed by atoms with Gasteiger partial charge in [0.05, 0.1) is 17.4 Å². The molecule has 1 saturated heterocycles. The van der Waals surface area contributed by atoms with Crippen LogP contribution >= 0.6 is 0 Å². The molecule has 0 spiro atoms. The number of likely N-dealkylation sites (tertiary alicyclic amines) is 1. The van der Waals surface area contributed by atoms with Crippen LogP contribution in [0.25, 0.3) is 0 Å². The lowest BCUT2D eigenvalue weighted by molar-refractivity contribution is -0.0312. The van der Waals surface area contributed by atoms with Crippen LogP contribution in [-0.2, 0) is 6.54 Å². The molecular weight excluding hydrogens is 304 g/mol. The summed E-state index contributed by atoms with van der Waals surface area (Å²) in [6, 6.07) is 0.222. The number of carbonyl (C=O) groups is 1. The van der Waals surface area contributed by atoms with Gasteiger partial charge >= 0.3 is 0 Å². The van der Waals surface area contributed by atoms with E-state index in [2.05, 4.69) is 15.3 Å². The summed E-state index contributed by atoms with van der Waals surface area (Å²) in [5.41, 5.74) is 0.152. The average molecular weight is 334 g/mol. The molecule has 0 radical (unpaired) electrons. The summed E-state index contributed by atoms with van der Waals surface area (Å²) in [5, 5.41) is 18.0. The predicted molar refractivity (Wildman–Crippen MR) is 92.9 cm³/mol. The van der Waals surface area contributed by atoms with E-state index in [4.69, 9.17) is 0 Å². The van der Waals surface area contributed by atoms with E-state index in [-0.39, 0.29) is 11.9 Å². The molecule has 6 nitrogen and oxygen atoms in total. The zero-order valence-electron chi connectivity index (χ0n) is 14.7. The van der Waals surface area contributed by atoms with Gasteiger partial charge in [-0.1, -0.05) is 19.3 Å². The minimum Gasteiger partial charge on any atom is -0.389 e. The standard InChI is InChI=1S/C18H30N4O2/c1-2-22-13-15(12-19-22)17(23)20-16-6-10-21(11-7-16)14-18(24)8-4-3-5-9-18/h12-13,16,24H,2-11,14H2,1H3,(H,20,23). The number of nitrogens with zero attached hydrogens (tertiary/aromatic N) is 3. The Bertz CT molecular complexity index is 543. The molecule has 2 heterocycles. The highest BCUT2D eigenvalue weighted by Crippen LogP contribution is 2.29. The van der Waals surface area contributed by atoms with Crippen molar-refractivity contribution in [3.63, 3.8) is 0 Å². The summed E-state index contributed by atoms with van der Waals surface area (Å²) < 4.78 is 1.77. The first kappa shape index (κ1) is 17.4. The monoisotopic (exact) mass is 334 g/mol. The Morgan fingerprint density at radius 3 is 2.67 bits per heavy atom. The summed E-state index contributed by atoms with van der Waals surface area (Å²) in [6.45, 7) is 5.46. The Morgan fingerprint density at radius 1 is 1.33 bits per heavy atom. The van der Waals surface area contributed by atoms with Crippen molar-refractivity contribution < 1.29 is 9.90 Å². The number of β-amino-alcohol motifs (C(OH)–C–C–N with tert-alkyl or cyclic N) is 1. The van der Waals surface area contributed by atoms with E-state index in [0.29, 0.717) is 5.56 Å². The van der Waals surface area contributed by atoms with E-state index >= 15 is 0 Å². The van der Waals surface area contributed by atoms with Crippen LogP contribution in [0.3, 0.4) is 0 Å². The Kier molecular flexibility index (Phi) is 5.56. The molecule has 1 aromatic rings. The molecule has 2 aliphatic rings. The second-order valence-corrected chi connectivity index (χ2v) is 7.39. The Labute approximate surface area is 144 Å². The molecule has 1 saturated carbocycles. The molecule has 24 heavy (non-hydrogen) atoms. The summed E-state index contributed by atoms with van der Waals surface area (Å²) >= 11 is 0. The van der Waals surface area contributed by atoms with E-state index in [1.54, 1.807) is 17.1 Å². The number of hydrogen-bond donors (Lipinski definition) is 2. The molecule has 0 atom stereocenters. The first-order chi connectivity index (χ1) is 11.6. The van der Waals surface area contributed by atoms with Crippen molar-refractivity contribution in [1.29, 1.82) is 0 Å². The maximum Gasteiger partial charge on any atom is 0.254 e. The maximum atomic E-state index is 12.3. The number of aliphatic hydroxyl groups is 1. The first-order valence-corrected chi connectivity index (χ1v) is 9.36. The largest absolute Gasteiger partial charge is 0.389 e. The highest BCUT2D eigenvalue weighted by Gasteiger charge is 2.32. The van der Waals surface area contributed by atoms with Crippen molar-refractivity contribution in [2.45, 2.75) is 70.1 Å². The quantitative estimate of drug-likeness (QED) is 0.861. The molecule has 0 aromatic carbocycles. The Hall–Kier alpha value is -1.40. The zero-order chi connectivity index (χ0) is 17.0. The van der Waals surface area contributed by atoms with Crippen LogP contribution in [0.1, 0.15) is 62.2 Å². The van der Waals surface area contributed by atoms with Gasteiger partial charge in [-0.15, -0.1) is 0 Å². The number of aromatic nitrogens is 2. The van der Waals surface area contributed by atoms with Crippen LogP contribution in [0.15, 0.2) is 12.4 Å². The molecule has 134 valence electrons. The van der Waals surface area contributed by atoms with Crippen molar-refractivity contribution in [1.82, 2.24) is 20.0 Å². The molecule has 0 bridgehead atoms. The number of aryl methyl sites for hydroxylation is 1. The fraction of sp³-hybridized carbons (Fsp3) is 0.778. The van der Waals surface area contributed by atoms with Gasteiger partial charge in [0.25, 0.3) is 5.91 Å². The second-order valence-electron chi connectivity index (χ2n) is 7.39. The van der Waals surface area contributed by atoms with E-state index in [0.717, 1.165) is 64.7 Å². The summed E-state index contributed by atoms with van der Waals surface area (Å²) in [6.07, 6.45) is 10.7. The average Bonchev–Trinajstić information content (AvgIpc) is 3.06. The van der Waals surface area contributed by atoms with E-state index in [1.165, 1.54) is 6.42 Å². The van der Waals surface area contributed by atoms with Crippen LogP contribution in [-0.4, -0.2) is 57.0 Å². The van der Waals surface area contributed by atoms with Crippen molar-refractivity contribution in [3.8, 4) is 0 Å². The lowest BCUT2D eigenvalue weighted by Crippen LogP contribution is -2.50. The van der Waals surface area contributed by atoms with Gasteiger partial charge in [-0.3, -0.25) is 9.48 Å². The molecule has 1 aromatic heterocycles. The van der Waals surface area contributed by atoms with Gasteiger partial charge in [-0.05, 0) is 32.6 Å². The third kappa shape index (κ3) is 4.36. The normalized spacial score (nSPS) is 22.4. The van der Waals surface area contributed by atoms with Crippen LogP contribution in [0.4, 0.5) is 0 Å². The number of nitrogens with one attached hydrogen (secondary N) is 1. The van der Waals surface area contributed by atoms with Gasteiger partial charge in [0.2, 0.25) is 0 Å². The number of carbonyl (C=O) groups excluding carboxylic acids is 1. The van der Waals surface area contributed by atoms with Crippen molar-refractivity contribution >= 4 is 5.91 Å². The van der Waals surface area contributed by atoms with Gasteiger partial charge in [-0.2, -0.15) is 5.10 Å². The molecule has 3 rings (SSSR count). The minimum atomic E-state index is -0.483. The molecule has 1 amide bonds. The van der Waals surface area contributed by atoms with Crippen LogP contribution in [0, 0.1) is 0 Å². The number of rotatable bonds is 5. The first-order valence-electron chi connectivity index (χ1n) is 9.36. The fourth-order valence-electron chi connectivity index (χ4n) is 3.94. The molecule has 6 heteroatoms. The van der Waals surface area contributed by atoms with Crippen molar-refractivity contribution in [2.75, 3.05) is 19.6 Å². The topological polar surface area (TPSA) is 70.4 Å². The van der Waals surface area contributed by atoms with Gasteiger partial charge in [0, 0.05) is 38.4 Å². The molecule has 2 fully saturated rings. The zero-order valence-corrected chi connectivity index (χ0v) is 14.7. The lowest BCUT2D eigenvalue weighted by atomic mass is 9.84. The molecular formula is C18H30N4O2. The van der Waals surface area contributed by atoms with E-state index in [1.807, 2.05) is 6.92 Å². The fourth-order valence-corrected chi connectivity index (χ4v) is 3.94. The summed E-state index contributed by atoms with van der Waals surface area (Å²) in [7, 11) is 0. The van der Waals surface area contributed by atoms with Crippen molar-refractivity contribution in [3.05, 3.63) is 18.0 Å². The number of piperidine rings is 1. The van der Waals surface area contributed by atoms with E-state index in [9.17, 15) is 9.90 Å². The van der Waals surface area contributed by atoms with Crippen LogP contribution in [0.2, 0.25) is 0 Å². The third-order valence-corrected chi connectivity index (χ3v) is 5.44. The SMILES string of the molecule is CCn1cc(C(=O)NC2CCN(CC3(O)CCCCC3)CC2)cn1. The minimum absolute atomic E-state index is 0.0286. The second kappa shape index (κ2) is 7.66. The molecule has 1 aliphatic heterocycles. The number of hydrogen-bond acceptors (Lipinski definition) is 4. The highest BCUT2D eigenvalue weighted by molar-refractivity contribution is 5.93. The predicted octanol–water partition coefficient (Wildman–Crippen LogP) is 1.79.